The van der Waals surface area contributed by atoms with Gasteiger partial charge >= 0.3 is 0 Å². The molecular weight excluding hydrogens is 191 g/mol. The summed E-state index contributed by atoms with van der Waals surface area (Å²) in [6.07, 6.45) is 0.971. The highest BCUT2D eigenvalue weighted by Crippen LogP contribution is 2.20. The van der Waals surface area contributed by atoms with Crippen LogP contribution in [0.3, 0.4) is 0 Å². The molecule has 1 aromatic carbocycles. The molecule has 0 aliphatic rings. The Kier molecular flexibility index (Phi) is 4.72. The SMILES string of the molecule is CNC(CC(C)CN)c1ccc(F)cc1. The molecule has 0 saturated carbocycles. The first-order valence-electron chi connectivity index (χ1n) is 5.30. The summed E-state index contributed by atoms with van der Waals surface area (Å²) in [5, 5.41) is 3.23. The summed E-state index contributed by atoms with van der Waals surface area (Å²) in [6.45, 7) is 2.80. The summed E-state index contributed by atoms with van der Waals surface area (Å²) in [7, 11) is 1.91. The summed E-state index contributed by atoms with van der Waals surface area (Å²) in [5.41, 5.74) is 6.70. The maximum absolute atomic E-state index is 12.7. The lowest BCUT2D eigenvalue weighted by Gasteiger charge is -2.20. The van der Waals surface area contributed by atoms with Crippen LogP contribution >= 0.6 is 0 Å². The summed E-state index contributed by atoms with van der Waals surface area (Å²) in [6, 6.07) is 6.88. The average Bonchev–Trinajstić information content (AvgIpc) is 2.27. The molecule has 0 spiro atoms. The van der Waals surface area contributed by atoms with E-state index < -0.39 is 0 Å². The van der Waals surface area contributed by atoms with Crippen molar-refractivity contribution in [2.24, 2.45) is 11.7 Å². The Morgan fingerprint density at radius 1 is 1.33 bits per heavy atom. The second-order valence-electron chi connectivity index (χ2n) is 3.97. The van der Waals surface area contributed by atoms with Crippen LogP contribution in [0.1, 0.15) is 24.9 Å². The van der Waals surface area contributed by atoms with E-state index in [1.807, 2.05) is 19.2 Å². The van der Waals surface area contributed by atoms with E-state index in [9.17, 15) is 4.39 Å². The van der Waals surface area contributed by atoms with Crippen molar-refractivity contribution in [3.63, 3.8) is 0 Å². The number of rotatable bonds is 5. The van der Waals surface area contributed by atoms with E-state index in [2.05, 4.69) is 12.2 Å². The summed E-state index contributed by atoms with van der Waals surface area (Å²) in [4.78, 5) is 0. The number of hydrogen-bond donors (Lipinski definition) is 2. The fraction of sp³-hybridized carbons (Fsp3) is 0.500. The highest BCUT2D eigenvalue weighted by Gasteiger charge is 2.12. The van der Waals surface area contributed by atoms with Gasteiger partial charge in [0.15, 0.2) is 0 Å². The van der Waals surface area contributed by atoms with Gasteiger partial charge in [0.05, 0.1) is 0 Å². The van der Waals surface area contributed by atoms with Gasteiger partial charge in [-0.2, -0.15) is 0 Å². The van der Waals surface area contributed by atoms with Crippen LogP contribution in [-0.4, -0.2) is 13.6 Å². The summed E-state index contributed by atoms with van der Waals surface area (Å²) >= 11 is 0. The highest BCUT2D eigenvalue weighted by molar-refractivity contribution is 5.19. The van der Waals surface area contributed by atoms with Gasteiger partial charge in [0.2, 0.25) is 0 Å². The Bertz CT molecular complexity index is 284. The fourth-order valence-electron chi connectivity index (χ4n) is 1.61. The Morgan fingerprint density at radius 2 is 1.93 bits per heavy atom. The minimum absolute atomic E-state index is 0.194. The van der Waals surface area contributed by atoms with Crippen molar-refractivity contribution in [3.8, 4) is 0 Å². The molecule has 3 N–H and O–H groups in total. The van der Waals surface area contributed by atoms with Crippen LogP contribution < -0.4 is 11.1 Å². The smallest absolute Gasteiger partial charge is 0.123 e. The van der Waals surface area contributed by atoms with E-state index in [0.29, 0.717) is 12.5 Å². The molecular formula is C12H19FN2. The van der Waals surface area contributed by atoms with Crippen LogP contribution in [-0.2, 0) is 0 Å². The second-order valence-corrected chi connectivity index (χ2v) is 3.97. The van der Waals surface area contributed by atoms with E-state index in [1.54, 1.807) is 0 Å². The lowest BCUT2D eigenvalue weighted by Crippen LogP contribution is -2.22. The van der Waals surface area contributed by atoms with Crippen molar-refractivity contribution in [1.82, 2.24) is 5.32 Å². The van der Waals surface area contributed by atoms with Crippen LogP contribution in [0, 0.1) is 11.7 Å². The van der Waals surface area contributed by atoms with Crippen LogP contribution in [0.5, 0.6) is 0 Å². The first kappa shape index (κ1) is 12.1. The van der Waals surface area contributed by atoms with Crippen molar-refractivity contribution in [2.45, 2.75) is 19.4 Å². The summed E-state index contributed by atoms with van der Waals surface area (Å²) in [5.74, 6) is 0.271. The van der Waals surface area contributed by atoms with Gasteiger partial charge < -0.3 is 11.1 Å². The van der Waals surface area contributed by atoms with Gasteiger partial charge in [-0.1, -0.05) is 19.1 Å². The zero-order valence-electron chi connectivity index (χ0n) is 9.33. The normalized spacial score (nSPS) is 14.9. The van der Waals surface area contributed by atoms with Crippen molar-refractivity contribution in [3.05, 3.63) is 35.6 Å². The molecule has 0 aromatic heterocycles. The Hall–Kier alpha value is -0.930. The second kappa shape index (κ2) is 5.83. The lowest BCUT2D eigenvalue weighted by molar-refractivity contribution is 0.437. The minimum Gasteiger partial charge on any atom is -0.330 e. The van der Waals surface area contributed by atoms with E-state index >= 15 is 0 Å². The zero-order valence-corrected chi connectivity index (χ0v) is 9.33. The Labute approximate surface area is 90.7 Å². The minimum atomic E-state index is -0.194. The van der Waals surface area contributed by atoms with Gasteiger partial charge in [-0.05, 0) is 43.6 Å². The Balaban J connectivity index is 2.69. The van der Waals surface area contributed by atoms with E-state index in [0.717, 1.165) is 12.0 Å². The molecule has 15 heavy (non-hydrogen) atoms. The summed E-state index contributed by atoms with van der Waals surface area (Å²) < 4.78 is 12.7. The number of benzene rings is 1. The van der Waals surface area contributed by atoms with E-state index in [-0.39, 0.29) is 11.9 Å². The van der Waals surface area contributed by atoms with Crippen molar-refractivity contribution in [1.29, 1.82) is 0 Å². The zero-order chi connectivity index (χ0) is 11.3. The molecule has 0 aliphatic carbocycles. The van der Waals surface area contributed by atoms with E-state index in [4.69, 9.17) is 5.73 Å². The molecule has 0 saturated heterocycles. The predicted octanol–water partition coefficient (Wildman–Crippen LogP) is 2.07. The highest BCUT2D eigenvalue weighted by atomic mass is 19.1. The number of nitrogens with one attached hydrogen (secondary N) is 1. The molecule has 0 amide bonds. The van der Waals surface area contributed by atoms with Gasteiger partial charge in [-0.15, -0.1) is 0 Å². The molecule has 2 atom stereocenters. The van der Waals surface area contributed by atoms with Gasteiger partial charge in [0.25, 0.3) is 0 Å². The maximum Gasteiger partial charge on any atom is 0.123 e. The first-order valence-corrected chi connectivity index (χ1v) is 5.30. The third kappa shape index (κ3) is 3.61. The average molecular weight is 210 g/mol. The lowest BCUT2D eigenvalue weighted by atomic mass is 9.96. The molecule has 0 heterocycles. The molecule has 3 heteroatoms. The van der Waals surface area contributed by atoms with Gasteiger partial charge in [0, 0.05) is 6.04 Å². The van der Waals surface area contributed by atoms with Crippen molar-refractivity contribution < 1.29 is 4.39 Å². The molecule has 0 fully saturated rings. The number of halogens is 1. The fourth-order valence-corrected chi connectivity index (χ4v) is 1.61. The molecule has 2 unspecified atom stereocenters. The number of nitrogens with two attached hydrogens (primary N) is 1. The van der Waals surface area contributed by atoms with Crippen molar-refractivity contribution >= 4 is 0 Å². The van der Waals surface area contributed by atoms with Crippen LogP contribution in [0.25, 0.3) is 0 Å². The van der Waals surface area contributed by atoms with Crippen LogP contribution in [0.2, 0.25) is 0 Å². The molecule has 0 bridgehead atoms. The van der Waals surface area contributed by atoms with Gasteiger partial charge in [-0.3, -0.25) is 0 Å². The quantitative estimate of drug-likeness (QED) is 0.780. The molecule has 0 aliphatic heterocycles. The van der Waals surface area contributed by atoms with Crippen LogP contribution in [0.4, 0.5) is 4.39 Å². The maximum atomic E-state index is 12.7. The molecule has 1 aromatic rings. The van der Waals surface area contributed by atoms with E-state index in [1.165, 1.54) is 12.1 Å². The molecule has 84 valence electrons. The standard InChI is InChI=1S/C12H19FN2/c1-9(8-14)7-12(15-2)10-3-5-11(13)6-4-10/h3-6,9,12,15H,7-8,14H2,1-2H3. The monoisotopic (exact) mass is 210 g/mol. The molecule has 2 nitrogen and oxygen atoms in total. The molecule has 0 radical (unpaired) electrons. The Morgan fingerprint density at radius 3 is 2.40 bits per heavy atom. The van der Waals surface area contributed by atoms with Crippen LogP contribution in [0.15, 0.2) is 24.3 Å². The van der Waals surface area contributed by atoms with Gasteiger partial charge in [0.1, 0.15) is 5.82 Å². The topological polar surface area (TPSA) is 38.0 Å². The third-order valence-electron chi connectivity index (χ3n) is 2.66. The first-order chi connectivity index (χ1) is 7.17. The largest absolute Gasteiger partial charge is 0.330 e. The molecule has 1 rings (SSSR count). The third-order valence-corrected chi connectivity index (χ3v) is 2.66. The number of hydrogen-bond acceptors (Lipinski definition) is 2. The van der Waals surface area contributed by atoms with Crippen molar-refractivity contribution in [2.75, 3.05) is 13.6 Å². The van der Waals surface area contributed by atoms with Gasteiger partial charge in [-0.25, -0.2) is 4.39 Å². The predicted molar refractivity (Wildman–Crippen MR) is 61.0 cm³/mol.